The van der Waals surface area contributed by atoms with E-state index >= 15 is 0 Å². The van der Waals surface area contributed by atoms with Gasteiger partial charge in [0.05, 0.1) is 0 Å². The van der Waals surface area contributed by atoms with E-state index in [2.05, 4.69) is 124 Å². The average Bonchev–Trinajstić information content (AvgIpc) is 3.46. The Kier molecular flexibility index (Phi) is 65.2. The highest BCUT2D eigenvalue weighted by Crippen LogP contribution is 2.17. The maximum Gasteiger partial charge on any atom is 0.306 e. The molecule has 0 aromatic carbocycles. The van der Waals surface area contributed by atoms with Crippen molar-refractivity contribution in [1.82, 2.24) is 0 Å². The number of carbonyl (C=O) groups is 3. The van der Waals surface area contributed by atoms with Gasteiger partial charge in [0.2, 0.25) is 0 Å². The fraction of sp³-hybridized carbons (Fsp3) is 0.720. The summed E-state index contributed by atoms with van der Waals surface area (Å²) < 4.78 is 16.8. The van der Waals surface area contributed by atoms with Crippen LogP contribution < -0.4 is 0 Å². The molecular weight excluding hydrogens is 997 g/mol. The molecule has 0 amide bonds. The molecule has 0 aromatic rings. The fourth-order valence-corrected chi connectivity index (χ4v) is 9.68. The van der Waals surface area contributed by atoms with Gasteiger partial charge in [0.1, 0.15) is 13.2 Å². The zero-order chi connectivity index (χ0) is 58.5. The standard InChI is InChI=1S/C75H128O6/c1-4-7-10-13-16-19-22-25-27-28-29-30-31-32-33-34-35-36-37-38-39-40-41-42-43-44-45-46-48-50-53-56-59-62-65-68-74(77)80-71-72(70-79-73(76)67-64-61-58-55-52-49-24-21-18-15-12-9-6-3)81-75(78)69-66-63-60-57-54-51-47-26-23-20-17-14-11-8-5-2/h7,9-10,12,16,18-19,21,25-27,29-30,47,49,52,58,61,72H,4-6,8,11,13-15,17,20,22-24,28,31-46,48,50-51,53-57,59-60,62-71H2,1-3H3/b10-7-,12-9-,19-16-,21-18-,27-25-,30-29-,47-26-,52-49-,61-58-. The van der Waals surface area contributed by atoms with Crippen molar-refractivity contribution in [1.29, 1.82) is 0 Å². The molecule has 0 aliphatic rings. The third kappa shape index (κ3) is 66.8. The summed E-state index contributed by atoms with van der Waals surface area (Å²) in [6.07, 6.45) is 94.4. The molecule has 0 heterocycles. The van der Waals surface area contributed by atoms with Crippen LogP contribution in [0.25, 0.3) is 0 Å². The summed E-state index contributed by atoms with van der Waals surface area (Å²) in [7, 11) is 0. The van der Waals surface area contributed by atoms with Gasteiger partial charge in [-0.2, -0.15) is 0 Å². The zero-order valence-corrected chi connectivity index (χ0v) is 53.3. The number of carbonyl (C=O) groups excluding carboxylic acids is 3. The van der Waals surface area contributed by atoms with E-state index < -0.39 is 6.10 Å². The Balaban J connectivity index is 4.13. The van der Waals surface area contributed by atoms with Gasteiger partial charge in [0, 0.05) is 19.3 Å². The van der Waals surface area contributed by atoms with Crippen molar-refractivity contribution in [3.05, 3.63) is 109 Å². The summed E-state index contributed by atoms with van der Waals surface area (Å²) in [6, 6.07) is 0. The largest absolute Gasteiger partial charge is 0.462 e. The van der Waals surface area contributed by atoms with Crippen LogP contribution >= 0.6 is 0 Å². The fourth-order valence-electron chi connectivity index (χ4n) is 9.68. The number of hydrogen-bond donors (Lipinski definition) is 0. The monoisotopic (exact) mass is 1120 g/mol. The molecule has 0 bridgehead atoms. The van der Waals surface area contributed by atoms with E-state index in [1.807, 2.05) is 6.08 Å². The van der Waals surface area contributed by atoms with Gasteiger partial charge in [-0.05, 0) is 109 Å². The summed E-state index contributed by atoms with van der Waals surface area (Å²) >= 11 is 0. The molecular formula is C75H128O6. The minimum absolute atomic E-state index is 0.100. The van der Waals surface area contributed by atoms with Gasteiger partial charge >= 0.3 is 17.9 Å². The Labute approximate surface area is 501 Å². The third-order valence-corrected chi connectivity index (χ3v) is 14.8. The van der Waals surface area contributed by atoms with Crippen LogP contribution in [0.4, 0.5) is 0 Å². The number of unbranched alkanes of at least 4 members (excludes halogenated alkanes) is 33. The summed E-state index contributed by atoms with van der Waals surface area (Å²) in [5, 5.41) is 0. The van der Waals surface area contributed by atoms with Crippen LogP contribution in [0, 0.1) is 0 Å². The lowest BCUT2D eigenvalue weighted by Gasteiger charge is -2.18. The lowest BCUT2D eigenvalue weighted by Crippen LogP contribution is -2.30. The van der Waals surface area contributed by atoms with Crippen LogP contribution in [0.5, 0.6) is 0 Å². The first kappa shape index (κ1) is 77.1. The van der Waals surface area contributed by atoms with Gasteiger partial charge in [-0.1, -0.05) is 310 Å². The van der Waals surface area contributed by atoms with Crippen LogP contribution in [-0.4, -0.2) is 37.2 Å². The molecule has 0 radical (unpaired) electrons. The molecule has 1 atom stereocenters. The number of hydrogen-bond acceptors (Lipinski definition) is 6. The minimum Gasteiger partial charge on any atom is -0.462 e. The minimum atomic E-state index is -0.810. The van der Waals surface area contributed by atoms with E-state index in [0.29, 0.717) is 19.3 Å². The predicted molar refractivity (Wildman–Crippen MR) is 353 cm³/mol. The highest BCUT2D eigenvalue weighted by molar-refractivity contribution is 5.71. The van der Waals surface area contributed by atoms with E-state index in [-0.39, 0.29) is 37.5 Å². The van der Waals surface area contributed by atoms with Crippen LogP contribution in [0.1, 0.15) is 329 Å². The van der Waals surface area contributed by atoms with Crippen LogP contribution in [0.2, 0.25) is 0 Å². The molecule has 0 saturated carbocycles. The Bertz CT molecular complexity index is 1620. The highest BCUT2D eigenvalue weighted by Gasteiger charge is 2.19. The van der Waals surface area contributed by atoms with Crippen LogP contribution in [-0.2, 0) is 28.6 Å². The topological polar surface area (TPSA) is 78.9 Å². The van der Waals surface area contributed by atoms with Crippen molar-refractivity contribution in [2.75, 3.05) is 13.2 Å². The Morgan fingerprint density at radius 1 is 0.259 bits per heavy atom. The van der Waals surface area contributed by atoms with Gasteiger partial charge < -0.3 is 14.2 Å². The zero-order valence-electron chi connectivity index (χ0n) is 53.3. The van der Waals surface area contributed by atoms with Crippen molar-refractivity contribution < 1.29 is 28.6 Å². The number of allylic oxidation sites excluding steroid dienone is 18. The first-order valence-electron chi connectivity index (χ1n) is 34.4. The van der Waals surface area contributed by atoms with E-state index in [0.717, 1.165) is 103 Å². The molecule has 464 valence electrons. The normalized spacial score (nSPS) is 12.8. The highest BCUT2D eigenvalue weighted by atomic mass is 16.6. The molecule has 0 aromatic heterocycles. The summed E-state index contributed by atoms with van der Waals surface area (Å²) in [4.78, 5) is 38.2. The lowest BCUT2D eigenvalue weighted by molar-refractivity contribution is -0.166. The van der Waals surface area contributed by atoms with Gasteiger partial charge in [0.15, 0.2) is 6.10 Å². The van der Waals surface area contributed by atoms with E-state index in [9.17, 15) is 14.4 Å². The molecule has 81 heavy (non-hydrogen) atoms. The summed E-state index contributed by atoms with van der Waals surface area (Å²) in [6.45, 7) is 6.36. The van der Waals surface area contributed by atoms with Gasteiger partial charge in [-0.25, -0.2) is 0 Å². The van der Waals surface area contributed by atoms with Crippen LogP contribution in [0.3, 0.4) is 0 Å². The molecule has 0 spiro atoms. The van der Waals surface area contributed by atoms with Crippen molar-refractivity contribution in [3.8, 4) is 0 Å². The second-order valence-corrected chi connectivity index (χ2v) is 22.7. The Morgan fingerprint density at radius 3 is 0.840 bits per heavy atom. The quantitative estimate of drug-likeness (QED) is 0.0261. The molecule has 0 fully saturated rings. The molecule has 0 aliphatic heterocycles. The van der Waals surface area contributed by atoms with E-state index in [1.54, 1.807) is 0 Å². The van der Waals surface area contributed by atoms with E-state index in [4.69, 9.17) is 14.2 Å². The van der Waals surface area contributed by atoms with Crippen molar-refractivity contribution in [2.24, 2.45) is 0 Å². The first-order chi connectivity index (χ1) is 40.0. The number of rotatable bonds is 62. The van der Waals surface area contributed by atoms with Crippen molar-refractivity contribution >= 4 is 17.9 Å². The van der Waals surface area contributed by atoms with Gasteiger partial charge in [-0.15, -0.1) is 0 Å². The molecule has 0 rings (SSSR count). The lowest BCUT2D eigenvalue weighted by atomic mass is 10.0. The van der Waals surface area contributed by atoms with Crippen LogP contribution in [0.15, 0.2) is 109 Å². The number of ether oxygens (including phenoxy) is 3. The Morgan fingerprint density at radius 2 is 0.506 bits per heavy atom. The summed E-state index contributed by atoms with van der Waals surface area (Å²) in [5.41, 5.74) is 0. The van der Waals surface area contributed by atoms with Gasteiger partial charge in [-0.3, -0.25) is 14.4 Å². The first-order valence-corrected chi connectivity index (χ1v) is 34.4. The Hall–Kier alpha value is -3.93. The van der Waals surface area contributed by atoms with Crippen molar-refractivity contribution in [2.45, 2.75) is 335 Å². The number of esters is 3. The second-order valence-electron chi connectivity index (χ2n) is 22.7. The molecule has 6 nitrogen and oxygen atoms in total. The third-order valence-electron chi connectivity index (χ3n) is 14.8. The molecule has 0 N–H and O–H groups in total. The molecule has 6 heteroatoms. The maximum absolute atomic E-state index is 12.9. The molecule has 0 saturated heterocycles. The molecule has 1 unspecified atom stereocenters. The average molecular weight is 1130 g/mol. The second kappa shape index (κ2) is 68.6. The predicted octanol–water partition coefficient (Wildman–Crippen LogP) is 23.8. The van der Waals surface area contributed by atoms with Crippen molar-refractivity contribution in [3.63, 3.8) is 0 Å². The van der Waals surface area contributed by atoms with Gasteiger partial charge in [0.25, 0.3) is 0 Å². The smallest absolute Gasteiger partial charge is 0.306 e. The summed E-state index contributed by atoms with van der Waals surface area (Å²) in [5.74, 6) is -0.983. The SMILES string of the molecule is CC/C=C\C/C=C\C/C=C\C/C=C\CCCCCCCCCCCCCCCCCCCCCCCCC(=O)OCC(COC(=O)CC/C=C\C/C=C\C/C=C\C/C=C\CC)OC(=O)CCCCCCC/C=C\CCCCCCCC. The maximum atomic E-state index is 12.9. The van der Waals surface area contributed by atoms with E-state index in [1.165, 1.54) is 180 Å². The molecule has 0 aliphatic carbocycles.